The fourth-order valence-corrected chi connectivity index (χ4v) is 2.07. The zero-order valence-corrected chi connectivity index (χ0v) is 12.7. The van der Waals surface area contributed by atoms with Crippen LogP contribution in [0.5, 0.6) is 0 Å². The predicted octanol–water partition coefficient (Wildman–Crippen LogP) is 4.07. The van der Waals surface area contributed by atoms with Crippen molar-refractivity contribution in [1.82, 2.24) is 5.32 Å². The molecule has 2 rings (SSSR count). The Hall–Kier alpha value is -1.29. The summed E-state index contributed by atoms with van der Waals surface area (Å²) in [6.07, 6.45) is 0. The molecule has 1 heterocycles. The van der Waals surface area contributed by atoms with Crippen LogP contribution in [0, 0.1) is 6.92 Å². The molecule has 108 valence electrons. The van der Waals surface area contributed by atoms with E-state index in [0.717, 1.165) is 35.2 Å². The van der Waals surface area contributed by atoms with Crippen LogP contribution in [0.2, 0.25) is 5.02 Å². The van der Waals surface area contributed by atoms with Gasteiger partial charge in [0.1, 0.15) is 18.1 Å². The standard InChI is InChI=1S/C16H20ClNO2/c1-3-18-9-14-8-16(20-12(14)2)11-19-10-13-4-6-15(17)7-5-13/h4-8,18H,3,9-11H2,1-2H3. The Morgan fingerprint density at radius 1 is 1.20 bits per heavy atom. The summed E-state index contributed by atoms with van der Waals surface area (Å²) < 4.78 is 11.3. The van der Waals surface area contributed by atoms with Crippen LogP contribution in [0.4, 0.5) is 0 Å². The zero-order chi connectivity index (χ0) is 14.4. The van der Waals surface area contributed by atoms with Gasteiger partial charge < -0.3 is 14.5 Å². The quantitative estimate of drug-likeness (QED) is 0.836. The van der Waals surface area contributed by atoms with Crippen LogP contribution in [0.25, 0.3) is 0 Å². The molecule has 0 bridgehead atoms. The number of benzene rings is 1. The molecule has 1 N–H and O–H groups in total. The first-order chi connectivity index (χ1) is 9.69. The van der Waals surface area contributed by atoms with Crippen LogP contribution >= 0.6 is 11.6 Å². The van der Waals surface area contributed by atoms with E-state index < -0.39 is 0 Å². The molecule has 3 nitrogen and oxygen atoms in total. The maximum absolute atomic E-state index is 5.84. The minimum atomic E-state index is 0.482. The summed E-state index contributed by atoms with van der Waals surface area (Å²) in [4.78, 5) is 0. The fraction of sp³-hybridized carbons (Fsp3) is 0.375. The average Bonchev–Trinajstić information content (AvgIpc) is 2.79. The molecule has 4 heteroatoms. The van der Waals surface area contributed by atoms with Gasteiger partial charge in [-0.15, -0.1) is 0 Å². The Labute approximate surface area is 124 Å². The van der Waals surface area contributed by atoms with Crippen molar-refractivity contribution in [3.8, 4) is 0 Å². The number of ether oxygens (including phenoxy) is 1. The SMILES string of the molecule is CCNCc1cc(COCc2ccc(Cl)cc2)oc1C. The lowest BCUT2D eigenvalue weighted by molar-refractivity contribution is 0.0923. The highest BCUT2D eigenvalue weighted by molar-refractivity contribution is 6.30. The maximum Gasteiger partial charge on any atom is 0.130 e. The third-order valence-electron chi connectivity index (χ3n) is 3.06. The number of aryl methyl sites for hydroxylation is 1. The third-order valence-corrected chi connectivity index (χ3v) is 3.32. The number of furan rings is 1. The second-order valence-electron chi connectivity index (χ2n) is 4.69. The third kappa shape index (κ3) is 4.37. The molecule has 2 aromatic rings. The van der Waals surface area contributed by atoms with Gasteiger partial charge in [0.2, 0.25) is 0 Å². The molecular weight excluding hydrogens is 274 g/mol. The summed E-state index contributed by atoms with van der Waals surface area (Å²) >= 11 is 5.84. The van der Waals surface area contributed by atoms with E-state index in [0.29, 0.717) is 13.2 Å². The van der Waals surface area contributed by atoms with E-state index in [-0.39, 0.29) is 0 Å². The van der Waals surface area contributed by atoms with Crippen molar-refractivity contribution in [3.63, 3.8) is 0 Å². The van der Waals surface area contributed by atoms with Gasteiger partial charge in [-0.1, -0.05) is 30.7 Å². The summed E-state index contributed by atoms with van der Waals surface area (Å²) in [5.74, 6) is 1.82. The largest absolute Gasteiger partial charge is 0.464 e. The van der Waals surface area contributed by atoms with Gasteiger partial charge in [0.25, 0.3) is 0 Å². The highest BCUT2D eigenvalue weighted by Gasteiger charge is 2.07. The minimum absolute atomic E-state index is 0.482. The van der Waals surface area contributed by atoms with Gasteiger partial charge in [0, 0.05) is 17.1 Å². The van der Waals surface area contributed by atoms with Crippen molar-refractivity contribution in [3.05, 3.63) is 58.0 Å². The van der Waals surface area contributed by atoms with E-state index in [9.17, 15) is 0 Å². The van der Waals surface area contributed by atoms with Crippen molar-refractivity contribution in [2.24, 2.45) is 0 Å². The Morgan fingerprint density at radius 2 is 1.95 bits per heavy atom. The molecule has 0 saturated heterocycles. The lowest BCUT2D eigenvalue weighted by Gasteiger charge is -2.02. The van der Waals surface area contributed by atoms with Crippen molar-refractivity contribution in [2.45, 2.75) is 33.6 Å². The molecule has 0 amide bonds. The molecule has 0 saturated carbocycles. The number of nitrogens with one attached hydrogen (secondary N) is 1. The van der Waals surface area contributed by atoms with Gasteiger partial charge in [0.15, 0.2) is 0 Å². The molecule has 1 aromatic heterocycles. The Kier molecular flexibility index (Phi) is 5.65. The van der Waals surface area contributed by atoms with Crippen molar-refractivity contribution in [2.75, 3.05) is 6.54 Å². The smallest absolute Gasteiger partial charge is 0.130 e. The van der Waals surface area contributed by atoms with Crippen molar-refractivity contribution < 1.29 is 9.15 Å². The summed E-state index contributed by atoms with van der Waals surface area (Å²) in [5.41, 5.74) is 2.29. The van der Waals surface area contributed by atoms with Gasteiger partial charge in [0.05, 0.1) is 6.61 Å². The van der Waals surface area contributed by atoms with E-state index in [4.69, 9.17) is 20.8 Å². The monoisotopic (exact) mass is 293 g/mol. The van der Waals surface area contributed by atoms with Crippen LogP contribution in [0.15, 0.2) is 34.7 Å². The van der Waals surface area contributed by atoms with E-state index in [1.165, 1.54) is 5.56 Å². The zero-order valence-electron chi connectivity index (χ0n) is 11.9. The second kappa shape index (κ2) is 7.48. The van der Waals surface area contributed by atoms with Gasteiger partial charge in [-0.05, 0) is 37.2 Å². The first-order valence-corrected chi connectivity index (χ1v) is 7.18. The first-order valence-electron chi connectivity index (χ1n) is 6.80. The van der Waals surface area contributed by atoms with Crippen LogP contribution in [0.3, 0.4) is 0 Å². The molecule has 0 aliphatic heterocycles. The summed E-state index contributed by atoms with van der Waals surface area (Å²) in [5, 5.41) is 4.03. The minimum Gasteiger partial charge on any atom is -0.464 e. The topological polar surface area (TPSA) is 34.4 Å². The van der Waals surface area contributed by atoms with Crippen molar-refractivity contribution in [1.29, 1.82) is 0 Å². The van der Waals surface area contributed by atoms with Crippen LogP contribution < -0.4 is 5.32 Å². The van der Waals surface area contributed by atoms with Crippen LogP contribution in [-0.2, 0) is 24.5 Å². The summed E-state index contributed by atoms with van der Waals surface area (Å²) in [6, 6.07) is 9.72. The van der Waals surface area contributed by atoms with E-state index in [2.05, 4.69) is 18.3 Å². The average molecular weight is 294 g/mol. The van der Waals surface area contributed by atoms with Gasteiger partial charge in [-0.3, -0.25) is 0 Å². The molecule has 0 radical (unpaired) electrons. The van der Waals surface area contributed by atoms with E-state index >= 15 is 0 Å². The highest BCUT2D eigenvalue weighted by atomic mass is 35.5. The van der Waals surface area contributed by atoms with Crippen LogP contribution in [0.1, 0.15) is 29.6 Å². The lowest BCUT2D eigenvalue weighted by atomic mass is 10.2. The second-order valence-corrected chi connectivity index (χ2v) is 5.13. The van der Waals surface area contributed by atoms with E-state index in [1.807, 2.05) is 31.2 Å². The lowest BCUT2D eigenvalue weighted by Crippen LogP contribution is -2.11. The fourth-order valence-electron chi connectivity index (χ4n) is 1.94. The van der Waals surface area contributed by atoms with Gasteiger partial charge in [-0.25, -0.2) is 0 Å². The van der Waals surface area contributed by atoms with Crippen molar-refractivity contribution >= 4 is 11.6 Å². The highest BCUT2D eigenvalue weighted by Crippen LogP contribution is 2.16. The Bertz CT molecular complexity index is 534. The molecule has 0 spiro atoms. The molecule has 0 aliphatic carbocycles. The molecular formula is C16H20ClNO2. The first kappa shape index (κ1) is 15.1. The molecule has 0 aliphatic rings. The normalized spacial score (nSPS) is 10.9. The predicted molar refractivity (Wildman–Crippen MR) is 80.8 cm³/mol. The molecule has 0 fully saturated rings. The number of rotatable bonds is 7. The molecule has 20 heavy (non-hydrogen) atoms. The van der Waals surface area contributed by atoms with Gasteiger partial charge >= 0.3 is 0 Å². The van der Waals surface area contributed by atoms with Gasteiger partial charge in [-0.2, -0.15) is 0 Å². The number of hydrogen-bond donors (Lipinski definition) is 1. The Morgan fingerprint density at radius 3 is 2.65 bits per heavy atom. The molecule has 0 atom stereocenters. The Balaban J connectivity index is 1.83. The summed E-state index contributed by atoms with van der Waals surface area (Å²) in [7, 11) is 0. The summed E-state index contributed by atoms with van der Waals surface area (Å²) in [6.45, 7) is 6.89. The molecule has 0 unspecified atom stereocenters. The molecule has 1 aromatic carbocycles. The van der Waals surface area contributed by atoms with E-state index in [1.54, 1.807) is 0 Å². The number of hydrogen-bond acceptors (Lipinski definition) is 3. The van der Waals surface area contributed by atoms with Crippen LogP contribution in [-0.4, -0.2) is 6.54 Å². The maximum atomic E-state index is 5.84. The number of halogens is 1.